The van der Waals surface area contributed by atoms with E-state index >= 15 is 0 Å². The third kappa shape index (κ3) is 3.17. The molecular formula is C13H11F3N2O2. The van der Waals surface area contributed by atoms with E-state index in [1.165, 1.54) is 6.39 Å². The fourth-order valence-corrected chi connectivity index (χ4v) is 1.57. The lowest BCUT2D eigenvalue weighted by Gasteiger charge is -2.07. The van der Waals surface area contributed by atoms with Gasteiger partial charge in [0.05, 0.1) is 17.8 Å². The van der Waals surface area contributed by atoms with Crippen molar-refractivity contribution in [2.45, 2.75) is 19.6 Å². The number of halogens is 3. The van der Waals surface area contributed by atoms with E-state index in [4.69, 9.17) is 4.42 Å². The molecule has 0 spiro atoms. The number of oxazole rings is 1. The Morgan fingerprint density at radius 3 is 2.45 bits per heavy atom. The number of aryl methyl sites for hydroxylation is 1. The summed E-state index contributed by atoms with van der Waals surface area (Å²) < 4.78 is 42.2. The minimum absolute atomic E-state index is 0.131. The largest absolute Gasteiger partial charge is 0.446 e. The molecule has 0 bridgehead atoms. The van der Waals surface area contributed by atoms with Crippen LogP contribution in [0.25, 0.3) is 0 Å². The summed E-state index contributed by atoms with van der Waals surface area (Å²) in [5.74, 6) is 0.0276. The lowest BCUT2D eigenvalue weighted by atomic mass is 10.1. The zero-order chi connectivity index (χ0) is 14.8. The molecule has 0 aliphatic heterocycles. The monoisotopic (exact) mass is 284 g/mol. The van der Waals surface area contributed by atoms with E-state index in [9.17, 15) is 18.0 Å². The molecule has 0 radical (unpaired) electrons. The van der Waals surface area contributed by atoms with Crippen molar-refractivity contribution < 1.29 is 22.4 Å². The first kappa shape index (κ1) is 14.1. The summed E-state index contributed by atoms with van der Waals surface area (Å²) in [4.78, 5) is 15.6. The predicted molar refractivity (Wildman–Crippen MR) is 63.9 cm³/mol. The van der Waals surface area contributed by atoms with Crippen molar-refractivity contribution in [3.05, 3.63) is 53.2 Å². The van der Waals surface area contributed by atoms with Crippen LogP contribution in [0, 0.1) is 6.92 Å². The van der Waals surface area contributed by atoms with Crippen LogP contribution in [0.2, 0.25) is 0 Å². The van der Waals surface area contributed by atoms with Crippen molar-refractivity contribution >= 4 is 5.91 Å². The summed E-state index contributed by atoms with van der Waals surface area (Å²) in [6, 6.07) is 4.00. The molecule has 4 nitrogen and oxygen atoms in total. The van der Waals surface area contributed by atoms with Crippen LogP contribution in [0.5, 0.6) is 0 Å². The van der Waals surface area contributed by atoms with Crippen LogP contribution in [-0.2, 0) is 12.7 Å². The van der Waals surface area contributed by atoms with E-state index in [2.05, 4.69) is 10.3 Å². The zero-order valence-electron chi connectivity index (χ0n) is 10.5. The number of carbonyl (C=O) groups excluding carboxylic acids is 1. The van der Waals surface area contributed by atoms with E-state index in [1.54, 1.807) is 6.92 Å². The number of amides is 1. The quantitative estimate of drug-likeness (QED) is 0.942. The van der Waals surface area contributed by atoms with Crippen molar-refractivity contribution in [2.24, 2.45) is 0 Å². The second kappa shape index (κ2) is 5.36. The van der Waals surface area contributed by atoms with Crippen molar-refractivity contribution in [1.82, 2.24) is 10.3 Å². The summed E-state index contributed by atoms with van der Waals surface area (Å²) >= 11 is 0. The highest BCUT2D eigenvalue weighted by Gasteiger charge is 2.30. The molecule has 7 heteroatoms. The molecule has 2 aromatic rings. The first-order valence-electron chi connectivity index (χ1n) is 5.72. The Bertz CT molecular complexity index is 603. The Hall–Kier alpha value is -2.31. The number of nitrogens with zero attached hydrogens (tertiary/aromatic N) is 1. The second-order valence-corrected chi connectivity index (χ2v) is 4.12. The molecule has 1 N–H and O–H groups in total. The maximum absolute atomic E-state index is 12.4. The second-order valence-electron chi connectivity index (χ2n) is 4.12. The number of carbonyl (C=O) groups is 1. The molecule has 0 saturated carbocycles. The van der Waals surface area contributed by atoms with Crippen LogP contribution in [0.1, 0.15) is 27.4 Å². The van der Waals surface area contributed by atoms with Crippen LogP contribution in [0.3, 0.4) is 0 Å². The molecule has 1 aromatic carbocycles. The summed E-state index contributed by atoms with van der Waals surface area (Å²) in [5.41, 5.74) is 0.00742. The molecule has 0 atom stereocenters. The van der Waals surface area contributed by atoms with E-state index < -0.39 is 17.6 Å². The van der Waals surface area contributed by atoms with Gasteiger partial charge < -0.3 is 9.73 Å². The SMILES string of the molecule is Cc1ncoc1CNC(=O)c1ccc(C(F)(F)F)cc1. The average Bonchev–Trinajstić information content (AvgIpc) is 2.81. The predicted octanol–water partition coefficient (Wildman–Crippen LogP) is 2.93. The summed E-state index contributed by atoms with van der Waals surface area (Å²) in [6.07, 6.45) is -3.15. The average molecular weight is 284 g/mol. The molecule has 2 rings (SSSR count). The normalized spacial score (nSPS) is 11.4. The minimum atomic E-state index is -4.41. The number of hydrogen-bond donors (Lipinski definition) is 1. The number of hydrogen-bond acceptors (Lipinski definition) is 3. The minimum Gasteiger partial charge on any atom is -0.446 e. The Morgan fingerprint density at radius 2 is 1.95 bits per heavy atom. The molecular weight excluding hydrogens is 273 g/mol. The van der Waals surface area contributed by atoms with Gasteiger partial charge in [-0.15, -0.1) is 0 Å². The van der Waals surface area contributed by atoms with E-state index in [1.807, 2.05) is 0 Å². The maximum atomic E-state index is 12.4. The summed E-state index contributed by atoms with van der Waals surface area (Å²) in [6.45, 7) is 1.86. The Balaban J connectivity index is 2.01. The van der Waals surface area contributed by atoms with Gasteiger partial charge in [0.15, 0.2) is 6.39 Å². The number of nitrogens with one attached hydrogen (secondary N) is 1. The van der Waals surface area contributed by atoms with Crippen molar-refractivity contribution in [3.63, 3.8) is 0 Å². The van der Waals surface area contributed by atoms with Gasteiger partial charge in [-0.2, -0.15) is 13.2 Å². The van der Waals surface area contributed by atoms with Gasteiger partial charge in [-0.3, -0.25) is 4.79 Å². The number of rotatable bonds is 3. The smallest absolute Gasteiger partial charge is 0.416 e. The van der Waals surface area contributed by atoms with Crippen molar-refractivity contribution in [1.29, 1.82) is 0 Å². The van der Waals surface area contributed by atoms with Crippen LogP contribution >= 0.6 is 0 Å². The van der Waals surface area contributed by atoms with E-state index in [0.29, 0.717) is 11.5 Å². The molecule has 0 fully saturated rings. The van der Waals surface area contributed by atoms with Gasteiger partial charge in [-0.25, -0.2) is 4.98 Å². The summed E-state index contributed by atoms with van der Waals surface area (Å²) in [7, 11) is 0. The lowest BCUT2D eigenvalue weighted by molar-refractivity contribution is -0.137. The van der Waals surface area contributed by atoms with Gasteiger partial charge in [-0.1, -0.05) is 0 Å². The Kier molecular flexibility index (Phi) is 3.78. The summed E-state index contributed by atoms with van der Waals surface area (Å²) in [5, 5.41) is 2.55. The van der Waals surface area contributed by atoms with Crippen molar-refractivity contribution in [3.8, 4) is 0 Å². The number of benzene rings is 1. The van der Waals surface area contributed by atoms with E-state index in [0.717, 1.165) is 24.3 Å². The van der Waals surface area contributed by atoms with Gasteiger partial charge >= 0.3 is 6.18 Å². The third-order valence-corrected chi connectivity index (χ3v) is 2.73. The highest BCUT2D eigenvalue weighted by atomic mass is 19.4. The highest BCUT2D eigenvalue weighted by Crippen LogP contribution is 2.29. The third-order valence-electron chi connectivity index (χ3n) is 2.73. The first-order chi connectivity index (χ1) is 9.38. The molecule has 1 amide bonds. The van der Waals surface area contributed by atoms with E-state index in [-0.39, 0.29) is 12.1 Å². The van der Waals surface area contributed by atoms with Gasteiger partial charge in [0.25, 0.3) is 5.91 Å². The fraction of sp³-hybridized carbons (Fsp3) is 0.231. The van der Waals surface area contributed by atoms with Crippen LogP contribution in [-0.4, -0.2) is 10.9 Å². The fourth-order valence-electron chi connectivity index (χ4n) is 1.57. The standard InChI is InChI=1S/C13H11F3N2O2/c1-8-11(20-7-18-8)6-17-12(19)9-2-4-10(5-3-9)13(14,15)16/h2-5,7H,6H2,1H3,(H,17,19). The van der Waals surface area contributed by atoms with Crippen molar-refractivity contribution in [2.75, 3.05) is 0 Å². The van der Waals surface area contributed by atoms with Crippen LogP contribution in [0.4, 0.5) is 13.2 Å². The molecule has 0 unspecified atom stereocenters. The molecule has 1 aromatic heterocycles. The van der Waals surface area contributed by atoms with Gasteiger partial charge in [0, 0.05) is 5.56 Å². The van der Waals surface area contributed by atoms with Gasteiger partial charge in [-0.05, 0) is 31.2 Å². The highest BCUT2D eigenvalue weighted by molar-refractivity contribution is 5.94. The van der Waals surface area contributed by atoms with Gasteiger partial charge in [0.2, 0.25) is 0 Å². The molecule has 20 heavy (non-hydrogen) atoms. The lowest BCUT2D eigenvalue weighted by Crippen LogP contribution is -2.23. The maximum Gasteiger partial charge on any atom is 0.416 e. The Labute approximate surface area is 112 Å². The topological polar surface area (TPSA) is 55.1 Å². The van der Waals surface area contributed by atoms with Crippen LogP contribution < -0.4 is 5.32 Å². The molecule has 0 saturated heterocycles. The van der Waals surface area contributed by atoms with Crippen LogP contribution in [0.15, 0.2) is 35.1 Å². The molecule has 106 valence electrons. The van der Waals surface area contributed by atoms with Gasteiger partial charge in [0.1, 0.15) is 5.76 Å². The number of aromatic nitrogens is 1. The Morgan fingerprint density at radius 1 is 1.30 bits per heavy atom. The molecule has 1 heterocycles. The zero-order valence-corrected chi connectivity index (χ0v) is 10.5. The molecule has 0 aliphatic carbocycles. The first-order valence-corrected chi connectivity index (χ1v) is 5.72. The number of alkyl halides is 3. The molecule has 0 aliphatic rings.